The van der Waals surface area contributed by atoms with E-state index in [1.807, 2.05) is 42.5 Å². The lowest BCUT2D eigenvalue weighted by atomic mass is 10.1. The number of halogens is 1. The molecule has 0 fully saturated rings. The summed E-state index contributed by atoms with van der Waals surface area (Å²) in [6, 6.07) is 11.3. The number of ketones is 1. The summed E-state index contributed by atoms with van der Waals surface area (Å²) in [6.07, 6.45) is 7.09. The largest absolute Gasteiger partial charge is 0.493 e. The summed E-state index contributed by atoms with van der Waals surface area (Å²) in [5, 5.41) is 0. The molecule has 1 aliphatic rings. The highest BCUT2D eigenvalue weighted by molar-refractivity contribution is 9.10. The van der Waals surface area contributed by atoms with Crippen LogP contribution in [0.2, 0.25) is 0 Å². The highest BCUT2D eigenvalue weighted by Crippen LogP contribution is 2.42. The number of hydrogen-bond acceptors (Lipinski definition) is 4. The standard InChI is InChI=1S/C19H13BrO3S/c1-3-8-23-19-14(20)9-12(10-15(19)22-2)11-17-18(21)13-6-4-5-7-16(13)24-17/h1,4-7,9-11H,8H2,2H3/b17-11-. The summed E-state index contributed by atoms with van der Waals surface area (Å²) < 4.78 is 11.6. The van der Waals surface area contributed by atoms with Crippen molar-refractivity contribution < 1.29 is 14.3 Å². The highest BCUT2D eigenvalue weighted by atomic mass is 79.9. The van der Waals surface area contributed by atoms with Gasteiger partial charge in [0, 0.05) is 10.5 Å². The van der Waals surface area contributed by atoms with Gasteiger partial charge in [-0.2, -0.15) is 0 Å². The van der Waals surface area contributed by atoms with E-state index in [4.69, 9.17) is 15.9 Å². The van der Waals surface area contributed by atoms with E-state index in [1.54, 1.807) is 7.11 Å². The molecular weight excluding hydrogens is 388 g/mol. The van der Waals surface area contributed by atoms with Crippen molar-refractivity contribution in [2.75, 3.05) is 13.7 Å². The van der Waals surface area contributed by atoms with Crippen LogP contribution >= 0.6 is 27.7 Å². The Morgan fingerprint density at radius 3 is 2.83 bits per heavy atom. The molecule has 2 aromatic carbocycles. The summed E-state index contributed by atoms with van der Waals surface area (Å²) in [7, 11) is 1.56. The van der Waals surface area contributed by atoms with Crippen molar-refractivity contribution in [1.29, 1.82) is 0 Å². The molecule has 3 nitrogen and oxygen atoms in total. The van der Waals surface area contributed by atoms with E-state index in [-0.39, 0.29) is 12.4 Å². The molecule has 0 amide bonds. The second kappa shape index (κ2) is 7.16. The number of hydrogen-bond donors (Lipinski definition) is 0. The number of thioether (sulfide) groups is 1. The van der Waals surface area contributed by atoms with E-state index < -0.39 is 0 Å². The summed E-state index contributed by atoms with van der Waals surface area (Å²) in [5.74, 6) is 3.57. The van der Waals surface area contributed by atoms with Gasteiger partial charge in [-0.15, -0.1) is 6.42 Å². The van der Waals surface area contributed by atoms with Crippen LogP contribution < -0.4 is 9.47 Å². The number of fused-ring (bicyclic) bond motifs is 1. The zero-order valence-electron chi connectivity index (χ0n) is 12.8. The number of allylic oxidation sites excluding steroid dienone is 1. The first kappa shape index (κ1) is 16.7. The summed E-state index contributed by atoms with van der Waals surface area (Å²) in [4.78, 5) is 14.1. The minimum atomic E-state index is 0.0401. The molecule has 1 heterocycles. The molecule has 0 aliphatic carbocycles. The zero-order chi connectivity index (χ0) is 17.1. The van der Waals surface area contributed by atoms with E-state index in [0.717, 1.165) is 20.5 Å². The third kappa shape index (κ3) is 3.21. The van der Waals surface area contributed by atoms with Crippen LogP contribution in [-0.2, 0) is 0 Å². The molecule has 0 spiro atoms. The minimum Gasteiger partial charge on any atom is -0.493 e. The maximum Gasteiger partial charge on any atom is 0.200 e. The Hall–Kier alpha value is -2.16. The maximum absolute atomic E-state index is 12.5. The average molecular weight is 401 g/mol. The van der Waals surface area contributed by atoms with Gasteiger partial charge in [0.15, 0.2) is 11.5 Å². The van der Waals surface area contributed by atoms with Crippen molar-refractivity contribution >= 4 is 39.6 Å². The Labute approximate surface area is 153 Å². The molecular formula is C19H13BrO3S. The number of terminal acetylenes is 1. The predicted octanol–water partition coefficient (Wildman–Crippen LogP) is 4.80. The summed E-state index contributed by atoms with van der Waals surface area (Å²) >= 11 is 4.94. The Morgan fingerprint density at radius 2 is 2.12 bits per heavy atom. The molecule has 0 N–H and O–H groups in total. The number of carbonyl (C=O) groups excluding carboxylic acids is 1. The molecule has 0 atom stereocenters. The SMILES string of the molecule is C#CCOc1c(Br)cc(/C=C2\Sc3ccccc3C2=O)cc1OC. The number of ether oxygens (including phenoxy) is 2. The minimum absolute atomic E-state index is 0.0401. The first-order valence-electron chi connectivity index (χ1n) is 7.11. The lowest BCUT2D eigenvalue weighted by molar-refractivity contribution is 0.104. The van der Waals surface area contributed by atoms with Crippen LogP contribution in [0.25, 0.3) is 6.08 Å². The first-order valence-corrected chi connectivity index (χ1v) is 8.72. The number of Topliss-reactive ketones (excluding diaryl/α,β-unsaturated/α-hetero) is 1. The van der Waals surface area contributed by atoms with Gasteiger partial charge < -0.3 is 9.47 Å². The smallest absolute Gasteiger partial charge is 0.200 e. The van der Waals surface area contributed by atoms with Crippen molar-refractivity contribution in [3.63, 3.8) is 0 Å². The molecule has 120 valence electrons. The maximum atomic E-state index is 12.5. The van der Waals surface area contributed by atoms with Crippen molar-refractivity contribution in [3.05, 3.63) is 56.9 Å². The topological polar surface area (TPSA) is 35.5 Å². The molecule has 24 heavy (non-hydrogen) atoms. The van der Waals surface area contributed by atoms with E-state index >= 15 is 0 Å². The average Bonchev–Trinajstić information content (AvgIpc) is 2.90. The number of carbonyl (C=O) groups is 1. The fraction of sp³-hybridized carbons (Fsp3) is 0.105. The Kier molecular flexibility index (Phi) is 4.98. The zero-order valence-corrected chi connectivity index (χ0v) is 15.2. The third-order valence-electron chi connectivity index (χ3n) is 3.42. The normalized spacial score (nSPS) is 14.4. The fourth-order valence-corrected chi connectivity index (χ4v) is 3.99. The van der Waals surface area contributed by atoms with Gasteiger partial charge in [-0.05, 0) is 51.8 Å². The summed E-state index contributed by atoms with van der Waals surface area (Å²) in [6.45, 7) is 0.152. The van der Waals surface area contributed by atoms with Gasteiger partial charge in [-0.3, -0.25) is 4.79 Å². The molecule has 0 aromatic heterocycles. The Balaban J connectivity index is 1.96. The second-order valence-electron chi connectivity index (χ2n) is 4.96. The lowest BCUT2D eigenvalue weighted by Gasteiger charge is -2.12. The number of benzene rings is 2. The van der Waals surface area contributed by atoms with E-state index in [1.165, 1.54) is 11.8 Å². The molecule has 5 heteroatoms. The van der Waals surface area contributed by atoms with Crippen LogP contribution in [0, 0.1) is 12.3 Å². The highest BCUT2D eigenvalue weighted by Gasteiger charge is 2.25. The van der Waals surface area contributed by atoms with Crippen molar-refractivity contribution in [1.82, 2.24) is 0 Å². The van der Waals surface area contributed by atoms with Gasteiger partial charge in [0.1, 0.15) is 6.61 Å². The van der Waals surface area contributed by atoms with Crippen LogP contribution in [0.4, 0.5) is 0 Å². The van der Waals surface area contributed by atoms with Crippen molar-refractivity contribution in [3.8, 4) is 23.8 Å². The van der Waals surface area contributed by atoms with E-state index in [9.17, 15) is 4.79 Å². The molecule has 0 unspecified atom stereocenters. The van der Waals surface area contributed by atoms with Crippen LogP contribution in [0.5, 0.6) is 11.5 Å². The molecule has 0 bridgehead atoms. The quantitative estimate of drug-likeness (QED) is 0.545. The molecule has 2 aromatic rings. The second-order valence-corrected chi connectivity index (χ2v) is 6.90. The van der Waals surface area contributed by atoms with Crippen LogP contribution in [0.3, 0.4) is 0 Å². The monoisotopic (exact) mass is 400 g/mol. The third-order valence-corrected chi connectivity index (χ3v) is 5.11. The van der Waals surface area contributed by atoms with Gasteiger partial charge >= 0.3 is 0 Å². The van der Waals surface area contributed by atoms with E-state index in [2.05, 4.69) is 21.9 Å². The molecule has 0 saturated carbocycles. The Morgan fingerprint density at radius 1 is 1.33 bits per heavy atom. The van der Waals surface area contributed by atoms with Gasteiger partial charge in [-0.1, -0.05) is 29.8 Å². The van der Waals surface area contributed by atoms with Gasteiger partial charge in [0.05, 0.1) is 16.5 Å². The summed E-state index contributed by atoms with van der Waals surface area (Å²) in [5.41, 5.74) is 1.59. The van der Waals surface area contributed by atoms with Crippen molar-refractivity contribution in [2.24, 2.45) is 0 Å². The number of rotatable bonds is 4. The van der Waals surface area contributed by atoms with Gasteiger partial charge in [0.2, 0.25) is 5.78 Å². The molecule has 0 saturated heterocycles. The predicted molar refractivity (Wildman–Crippen MR) is 99.6 cm³/mol. The van der Waals surface area contributed by atoms with Crippen LogP contribution in [0.15, 0.2) is 50.7 Å². The van der Waals surface area contributed by atoms with Crippen LogP contribution in [0.1, 0.15) is 15.9 Å². The molecule has 3 rings (SSSR count). The van der Waals surface area contributed by atoms with Gasteiger partial charge in [-0.25, -0.2) is 0 Å². The lowest BCUT2D eigenvalue weighted by Crippen LogP contribution is -1.98. The molecule has 1 aliphatic heterocycles. The molecule has 0 radical (unpaired) electrons. The number of methoxy groups -OCH3 is 1. The first-order chi connectivity index (χ1) is 11.6. The fourth-order valence-electron chi connectivity index (χ4n) is 2.36. The van der Waals surface area contributed by atoms with Crippen LogP contribution in [-0.4, -0.2) is 19.5 Å². The van der Waals surface area contributed by atoms with E-state index in [0.29, 0.717) is 16.4 Å². The Bertz CT molecular complexity index is 881. The van der Waals surface area contributed by atoms with Gasteiger partial charge in [0.25, 0.3) is 0 Å². The van der Waals surface area contributed by atoms with Crippen molar-refractivity contribution in [2.45, 2.75) is 4.90 Å².